The Morgan fingerprint density at radius 3 is 2.14 bits per heavy atom. The van der Waals surface area contributed by atoms with Crippen molar-refractivity contribution in [2.75, 3.05) is 26.7 Å². The maximum Gasteiger partial charge on any atom is 0.401 e. The van der Waals surface area contributed by atoms with E-state index in [0.29, 0.717) is 13.1 Å². The Hall–Kier alpha value is -0.290. The molecule has 0 spiro atoms. The number of nitrogens with zero attached hydrogens (tertiary/aromatic N) is 1. The Morgan fingerprint density at radius 2 is 1.86 bits per heavy atom. The normalized spacial score (nSPS) is 14.8. The third kappa shape index (κ3) is 5.44. The summed E-state index contributed by atoms with van der Waals surface area (Å²) < 4.78 is 36.5. The van der Waals surface area contributed by atoms with E-state index in [-0.39, 0.29) is 6.04 Å². The van der Waals surface area contributed by atoms with Crippen LogP contribution in [-0.2, 0) is 0 Å². The van der Waals surface area contributed by atoms with Crippen LogP contribution in [0.5, 0.6) is 0 Å². The van der Waals surface area contributed by atoms with Crippen molar-refractivity contribution in [1.29, 1.82) is 0 Å². The van der Waals surface area contributed by atoms with Gasteiger partial charge in [0.05, 0.1) is 6.54 Å². The Balaban J connectivity index is 4.21. The summed E-state index contributed by atoms with van der Waals surface area (Å²) in [4.78, 5) is 1.45. The highest BCUT2D eigenvalue weighted by atomic mass is 19.4. The van der Waals surface area contributed by atoms with Crippen molar-refractivity contribution in [3.8, 4) is 0 Å². The van der Waals surface area contributed by atoms with Crippen molar-refractivity contribution in [3.05, 3.63) is 0 Å². The van der Waals surface area contributed by atoms with Crippen LogP contribution < -0.4 is 5.32 Å². The molecule has 2 nitrogen and oxygen atoms in total. The Labute approximate surface area is 83.5 Å². The predicted octanol–water partition coefficient (Wildman–Crippen LogP) is 1.87. The van der Waals surface area contributed by atoms with Gasteiger partial charge in [-0.15, -0.1) is 0 Å². The van der Waals surface area contributed by atoms with Gasteiger partial charge < -0.3 is 5.32 Å². The van der Waals surface area contributed by atoms with E-state index in [0.717, 1.165) is 6.42 Å². The molecule has 0 aromatic carbocycles. The number of likely N-dealkylation sites (N-methyl/N-ethyl adjacent to an activating group) is 2. The van der Waals surface area contributed by atoms with Crippen LogP contribution in [0, 0.1) is 0 Å². The molecule has 0 aliphatic rings. The zero-order valence-electron chi connectivity index (χ0n) is 8.99. The van der Waals surface area contributed by atoms with E-state index in [4.69, 9.17) is 0 Å². The lowest BCUT2D eigenvalue weighted by Gasteiger charge is -2.30. The van der Waals surface area contributed by atoms with Gasteiger partial charge >= 0.3 is 6.18 Å². The molecule has 0 saturated carbocycles. The fourth-order valence-corrected chi connectivity index (χ4v) is 1.50. The summed E-state index contributed by atoms with van der Waals surface area (Å²) >= 11 is 0. The fraction of sp³-hybridized carbons (Fsp3) is 1.00. The third-order valence-electron chi connectivity index (χ3n) is 2.22. The van der Waals surface area contributed by atoms with Crippen LogP contribution in [0.3, 0.4) is 0 Å². The predicted molar refractivity (Wildman–Crippen MR) is 51.3 cm³/mol. The molecule has 86 valence electrons. The molecule has 0 aromatic heterocycles. The molecule has 0 radical (unpaired) electrons. The lowest BCUT2D eigenvalue weighted by Crippen LogP contribution is -2.45. The van der Waals surface area contributed by atoms with Gasteiger partial charge in [0, 0.05) is 12.6 Å². The molecule has 0 saturated heterocycles. The van der Waals surface area contributed by atoms with Gasteiger partial charge in [-0.1, -0.05) is 13.8 Å². The highest BCUT2D eigenvalue weighted by Gasteiger charge is 2.32. The van der Waals surface area contributed by atoms with Gasteiger partial charge in [-0.2, -0.15) is 13.2 Å². The van der Waals surface area contributed by atoms with Crippen LogP contribution in [0.1, 0.15) is 20.3 Å². The SMILES string of the molecule is CCC(CNC)N(CC)CC(F)(F)F. The summed E-state index contributed by atoms with van der Waals surface area (Å²) in [5.74, 6) is 0. The highest BCUT2D eigenvalue weighted by molar-refractivity contribution is 4.73. The number of halogens is 3. The topological polar surface area (TPSA) is 15.3 Å². The quantitative estimate of drug-likeness (QED) is 0.723. The van der Waals surface area contributed by atoms with Crippen molar-refractivity contribution < 1.29 is 13.2 Å². The molecule has 1 N–H and O–H groups in total. The molecular weight excluding hydrogens is 193 g/mol. The van der Waals surface area contributed by atoms with E-state index in [1.165, 1.54) is 4.90 Å². The molecule has 1 unspecified atom stereocenters. The number of alkyl halides is 3. The first-order chi connectivity index (χ1) is 6.44. The molecular formula is C9H19F3N2. The van der Waals surface area contributed by atoms with Crippen molar-refractivity contribution >= 4 is 0 Å². The zero-order valence-corrected chi connectivity index (χ0v) is 8.99. The number of nitrogens with one attached hydrogen (secondary N) is 1. The van der Waals surface area contributed by atoms with Crippen LogP contribution >= 0.6 is 0 Å². The first-order valence-corrected chi connectivity index (χ1v) is 4.90. The van der Waals surface area contributed by atoms with Gasteiger partial charge in [-0.3, -0.25) is 4.90 Å². The standard InChI is InChI=1S/C9H19F3N2/c1-4-8(6-13-3)14(5-2)7-9(10,11)12/h8,13H,4-7H2,1-3H3. The number of rotatable bonds is 6. The van der Waals surface area contributed by atoms with Crippen molar-refractivity contribution in [2.45, 2.75) is 32.5 Å². The van der Waals surface area contributed by atoms with Crippen molar-refractivity contribution in [2.24, 2.45) is 0 Å². The van der Waals surface area contributed by atoms with Gasteiger partial charge in [0.2, 0.25) is 0 Å². The average molecular weight is 212 g/mol. The average Bonchev–Trinajstić information content (AvgIpc) is 2.09. The second kappa shape index (κ2) is 6.24. The molecule has 0 fully saturated rings. The molecule has 0 aliphatic heterocycles. The molecule has 14 heavy (non-hydrogen) atoms. The lowest BCUT2D eigenvalue weighted by molar-refractivity contribution is -0.150. The van der Waals surface area contributed by atoms with Crippen molar-refractivity contribution in [3.63, 3.8) is 0 Å². The first kappa shape index (κ1) is 13.7. The maximum absolute atomic E-state index is 12.2. The monoisotopic (exact) mass is 212 g/mol. The van der Waals surface area contributed by atoms with Crippen LogP contribution in [-0.4, -0.2) is 43.8 Å². The largest absolute Gasteiger partial charge is 0.401 e. The Kier molecular flexibility index (Phi) is 6.11. The van der Waals surface area contributed by atoms with E-state index < -0.39 is 12.7 Å². The molecule has 0 bridgehead atoms. The van der Waals surface area contributed by atoms with Crippen LogP contribution in [0.2, 0.25) is 0 Å². The summed E-state index contributed by atoms with van der Waals surface area (Å²) in [5.41, 5.74) is 0. The van der Waals surface area contributed by atoms with Crippen LogP contribution in [0.15, 0.2) is 0 Å². The molecule has 0 rings (SSSR count). The van der Waals surface area contributed by atoms with Crippen LogP contribution in [0.4, 0.5) is 13.2 Å². The van der Waals surface area contributed by atoms with Crippen molar-refractivity contribution in [1.82, 2.24) is 10.2 Å². The minimum atomic E-state index is -4.10. The van der Waals surface area contributed by atoms with Crippen LogP contribution in [0.25, 0.3) is 0 Å². The maximum atomic E-state index is 12.2. The molecule has 0 amide bonds. The second-order valence-corrected chi connectivity index (χ2v) is 3.30. The number of hydrogen-bond acceptors (Lipinski definition) is 2. The van der Waals surface area contributed by atoms with E-state index in [1.807, 2.05) is 6.92 Å². The first-order valence-electron chi connectivity index (χ1n) is 4.90. The van der Waals surface area contributed by atoms with E-state index in [9.17, 15) is 13.2 Å². The second-order valence-electron chi connectivity index (χ2n) is 3.30. The Morgan fingerprint density at radius 1 is 1.29 bits per heavy atom. The smallest absolute Gasteiger partial charge is 0.318 e. The lowest BCUT2D eigenvalue weighted by atomic mass is 10.2. The zero-order chi connectivity index (χ0) is 11.2. The number of hydrogen-bond donors (Lipinski definition) is 1. The van der Waals surface area contributed by atoms with E-state index in [1.54, 1.807) is 14.0 Å². The Bertz CT molecular complexity index is 147. The summed E-state index contributed by atoms with van der Waals surface area (Å²) in [6, 6.07) is -0.0355. The van der Waals surface area contributed by atoms with Gasteiger partial charge in [0.1, 0.15) is 0 Å². The third-order valence-corrected chi connectivity index (χ3v) is 2.22. The van der Waals surface area contributed by atoms with E-state index in [2.05, 4.69) is 5.32 Å². The summed E-state index contributed by atoms with van der Waals surface area (Å²) in [7, 11) is 1.75. The summed E-state index contributed by atoms with van der Waals surface area (Å²) in [6.45, 7) is 3.87. The molecule has 1 atom stereocenters. The fourth-order valence-electron chi connectivity index (χ4n) is 1.50. The summed E-state index contributed by atoms with van der Waals surface area (Å²) in [5, 5.41) is 2.91. The minimum absolute atomic E-state index is 0.0355. The summed E-state index contributed by atoms with van der Waals surface area (Å²) in [6.07, 6.45) is -3.37. The van der Waals surface area contributed by atoms with Gasteiger partial charge in [-0.25, -0.2) is 0 Å². The van der Waals surface area contributed by atoms with E-state index >= 15 is 0 Å². The molecule has 0 aliphatic carbocycles. The van der Waals surface area contributed by atoms with Gasteiger partial charge in [0.15, 0.2) is 0 Å². The molecule has 0 aromatic rings. The van der Waals surface area contributed by atoms with Gasteiger partial charge in [0.25, 0.3) is 0 Å². The molecule has 5 heteroatoms. The minimum Gasteiger partial charge on any atom is -0.318 e. The molecule has 0 heterocycles. The van der Waals surface area contributed by atoms with Gasteiger partial charge in [-0.05, 0) is 20.0 Å². The highest BCUT2D eigenvalue weighted by Crippen LogP contribution is 2.18.